The largest absolute Gasteiger partial charge is 0.312 e. The van der Waals surface area contributed by atoms with Crippen molar-refractivity contribution in [1.82, 2.24) is 5.32 Å². The molecule has 1 heterocycles. The van der Waals surface area contributed by atoms with Gasteiger partial charge in [0.25, 0.3) is 0 Å². The molecule has 0 spiro atoms. The lowest BCUT2D eigenvalue weighted by molar-refractivity contribution is -0.120. The number of hydrogen-bond acceptors (Lipinski definition) is 3. The molecule has 0 radical (unpaired) electrons. The smallest absolute Gasteiger partial charge is 0.132 e. The molecule has 0 aliphatic heterocycles. The van der Waals surface area contributed by atoms with E-state index in [2.05, 4.69) is 11.4 Å². The molecule has 0 saturated heterocycles. The van der Waals surface area contributed by atoms with Gasteiger partial charge in [-0.15, -0.1) is 11.3 Å². The molecule has 0 bridgehead atoms. The lowest BCUT2D eigenvalue weighted by Crippen LogP contribution is -2.25. The number of carbonyl (C=O) groups excluding carboxylic acids is 1. The molecular formula is C12H16ClNOS. The molecule has 2 rings (SSSR count). The number of nitrogens with one attached hydrogen (secondary N) is 1. The second-order valence-corrected chi connectivity index (χ2v) is 6.12. The molecule has 0 unspecified atom stereocenters. The third kappa shape index (κ3) is 3.58. The number of rotatable bonds is 4. The van der Waals surface area contributed by atoms with Crippen molar-refractivity contribution < 1.29 is 4.79 Å². The second-order valence-electron chi connectivity index (χ2n) is 4.32. The maximum absolute atomic E-state index is 11.1. The van der Waals surface area contributed by atoms with E-state index in [-0.39, 0.29) is 0 Å². The van der Waals surface area contributed by atoms with Crippen LogP contribution in [0.2, 0.25) is 4.34 Å². The number of Topliss-reactive ketones (excluding diaryl/α,β-unsaturated/α-hetero) is 1. The fourth-order valence-electron chi connectivity index (χ4n) is 2.05. The summed E-state index contributed by atoms with van der Waals surface area (Å²) in [5.41, 5.74) is 0. The molecule has 0 aromatic carbocycles. The molecule has 88 valence electrons. The topological polar surface area (TPSA) is 29.1 Å². The summed E-state index contributed by atoms with van der Waals surface area (Å²) in [5, 5.41) is 3.44. The van der Waals surface area contributed by atoms with Gasteiger partial charge in [-0.05, 0) is 37.4 Å². The summed E-state index contributed by atoms with van der Waals surface area (Å²) in [6.07, 6.45) is 3.66. The van der Waals surface area contributed by atoms with Crippen molar-refractivity contribution in [2.24, 2.45) is 5.92 Å². The van der Waals surface area contributed by atoms with Gasteiger partial charge in [0.05, 0.1) is 4.34 Å². The average molecular weight is 258 g/mol. The van der Waals surface area contributed by atoms with Crippen LogP contribution in [0.15, 0.2) is 12.1 Å². The molecule has 4 heteroatoms. The first-order chi connectivity index (χ1) is 7.74. The fourth-order valence-corrected chi connectivity index (χ4v) is 3.11. The first-order valence-corrected chi connectivity index (χ1v) is 6.90. The highest BCUT2D eigenvalue weighted by atomic mass is 35.5. The van der Waals surface area contributed by atoms with E-state index in [1.165, 1.54) is 4.88 Å². The van der Waals surface area contributed by atoms with E-state index in [0.717, 1.165) is 43.1 Å². The Morgan fingerprint density at radius 2 is 2.12 bits per heavy atom. The zero-order chi connectivity index (χ0) is 11.4. The molecule has 0 atom stereocenters. The Morgan fingerprint density at radius 3 is 2.75 bits per heavy atom. The van der Waals surface area contributed by atoms with Gasteiger partial charge in [0.2, 0.25) is 0 Å². The summed E-state index contributed by atoms with van der Waals surface area (Å²) >= 11 is 7.48. The number of thiophene rings is 1. The van der Waals surface area contributed by atoms with Gasteiger partial charge in [-0.25, -0.2) is 0 Å². The minimum absolute atomic E-state index is 0.432. The molecule has 1 aromatic heterocycles. The van der Waals surface area contributed by atoms with Gasteiger partial charge in [0.15, 0.2) is 0 Å². The lowest BCUT2D eigenvalue weighted by atomic mass is 9.88. The molecule has 2 nitrogen and oxygen atoms in total. The van der Waals surface area contributed by atoms with Gasteiger partial charge in [0.1, 0.15) is 5.78 Å². The molecule has 1 aliphatic carbocycles. The molecule has 1 saturated carbocycles. The number of carbonyl (C=O) groups is 1. The van der Waals surface area contributed by atoms with E-state index >= 15 is 0 Å². The fraction of sp³-hybridized carbons (Fsp3) is 0.583. The van der Waals surface area contributed by atoms with Crippen LogP contribution < -0.4 is 5.32 Å². The van der Waals surface area contributed by atoms with Crippen molar-refractivity contribution in [3.05, 3.63) is 21.3 Å². The maximum atomic E-state index is 11.1. The predicted octanol–water partition coefficient (Wildman–Crippen LogP) is 3.25. The van der Waals surface area contributed by atoms with Crippen molar-refractivity contribution in [2.75, 3.05) is 6.54 Å². The van der Waals surface area contributed by atoms with Crippen LogP contribution >= 0.6 is 22.9 Å². The summed E-state index contributed by atoms with van der Waals surface area (Å²) < 4.78 is 0.847. The zero-order valence-corrected chi connectivity index (χ0v) is 10.7. The van der Waals surface area contributed by atoms with Gasteiger partial charge >= 0.3 is 0 Å². The molecule has 1 aliphatic rings. The van der Waals surface area contributed by atoms with Crippen LogP contribution in [0.5, 0.6) is 0 Å². The molecule has 1 N–H and O–H groups in total. The van der Waals surface area contributed by atoms with Crippen LogP contribution in [-0.2, 0) is 11.3 Å². The van der Waals surface area contributed by atoms with E-state index in [0.29, 0.717) is 11.7 Å². The Bertz CT molecular complexity index is 354. The normalized spacial score (nSPS) is 17.9. The Hall–Kier alpha value is -0.380. The van der Waals surface area contributed by atoms with Crippen molar-refractivity contribution in [3.8, 4) is 0 Å². The molecular weight excluding hydrogens is 242 g/mol. The van der Waals surface area contributed by atoms with Crippen molar-refractivity contribution in [1.29, 1.82) is 0 Å². The zero-order valence-electron chi connectivity index (χ0n) is 9.17. The van der Waals surface area contributed by atoms with Crippen molar-refractivity contribution in [3.63, 3.8) is 0 Å². The van der Waals surface area contributed by atoms with E-state index in [9.17, 15) is 4.79 Å². The number of hydrogen-bond donors (Lipinski definition) is 1. The van der Waals surface area contributed by atoms with Gasteiger partial charge in [-0.2, -0.15) is 0 Å². The molecule has 1 aromatic rings. The third-order valence-corrected chi connectivity index (χ3v) is 4.26. The Kier molecular flexibility index (Phi) is 4.38. The summed E-state index contributed by atoms with van der Waals surface area (Å²) in [7, 11) is 0. The highest BCUT2D eigenvalue weighted by Gasteiger charge is 2.17. The van der Waals surface area contributed by atoms with E-state index in [4.69, 9.17) is 11.6 Å². The number of halogens is 1. The highest BCUT2D eigenvalue weighted by Crippen LogP contribution is 2.22. The van der Waals surface area contributed by atoms with Gasteiger partial charge in [0, 0.05) is 24.3 Å². The van der Waals surface area contributed by atoms with E-state index in [1.54, 1.807) is 11.3 Å². The van der Waals surface area contributed by atoms with E-state index in [1.807, 2.05) is 6.07 Å². The minimum Gasteiger partial charge on any atom is -0.312 e. The Balaban J connectivity index is 1.66. The quantitative estimate of drug-likeness (QED) is 0.897. The Morgan fingerprint density at radius 1 is 1.38 bits per heavy atom. The first kappa shape index (κ1) is 12.1. The van der Waals surface area contributed by atoms with Crippen LogP contribution in [0, 0.1) is 5.92 Å². The standard InChI is InChI=1S/C12H16ClNOS/c13-12-6-5-11(16-12)8-14-7-9-1-3-10(15)4-2-9/h5-6,9,14H,1-4,7-8H2. The van der Waals surface area contributed by atoms with Crippen LogP contribution in [0.3, 0.4) is 0 Å². The maximum Gasteiger partial charge on any atom is 0.132 e. The van der Waals surface area contributed by atoms with Crippen LogP contribution in [0.1, 0.15) is 30.6 Å². The molecule has 0 amide bonds. The minimum atomic E-state index is 0.432. The average Bonchev–Trinajstić information content (AvgIpc) is 2.67. The second kappa shape index (κ2) is 5.80. The lowest BCUT2D eigenvalue weighted by Gasteiger charge is -2.20. The SMILES string of the molecule is O=C1CCC(CNCc2ccc(Cl)s2)CC1. The van der Waals surface area contributed by atoms with Crippen LogP contribution in [-0.4, -0.2) is 12.3 Å². The molecule has 16 heavy (non-hydrogen) atoms. The summed E-state index contributed by atoms with van der Waals surface area (Å²) in [4.78, 5) is 12.3. The number of ketones is 1. The van der Waals surface area contributed by atoms with Crippen LogP contribution in [0.4, 0.5) is 0 Å². The predicted molar refractivity (Wildman–Crippen MR) is 68.0 cm³/mol. The van der Waals surface area contributed by atoms with Crippen molar-refractivity contribution >= 4 is 28.7 Å². The Labute approximate surface area is 105 Å². The highest BCUT2D eigenvalue weighted by molar-refractivity contribution is 7.16. The van der Waals surface area contributed by atoms with E-state index < -0.39 is 0 Å². The first-order valence-electron chi connectivity index (χ1n) is 5.70. The van der Waals surface area contributed by atoms with Crippen LogP contribution in [0.25, 0.3) is 0 Å². The third-order valence-electron chi connectivity index (χ3n) is 3.02. The monoisotopic (exact) mass is 257 g/mol. The summed E-state index contributed by atoms with van der Waals surface area (Å²) in [6, 6.07) is 3.99. The van der Waals surface area contributed by atoms with Crippen molar-refractivity contribution in [2.45, 2.75) is 32.2 Å². The summed E-state index contributed by atoms with van der Waals surface area (Å²) in [6.45, 7) is 1.91. The van der Waals surface area contributed by atoms with Gasteiger partial charge in [-0.1, -0.05) is 11.6 Å². The summed E-state index contributed by atoms with van der Waals surface area (Å²) in [5.74, 6) is 1.11. The molecule has 1 fully saturated rings. The van der Waals surface area contributed by atoms with Gasteiger partial charge < -0.3 is 5.32 Å². The van der Waals surface area contributed by atoms with Gasteiger partial charge in [-0.3, -0.25) is 4.79 Å².